The molecule has 4 saturated heterocycles. The van der Waals surface area contributed by atoms with Crippen LogP contribution in [0.2, 0.25) is 0 Å². The van der Waals surface area contributed by atoms with E-state index >= 15 is 0 Å². The zero-order chi connectivity index (χ0) is 17.6. The van der Waals surface area contributed by atoms with E-state index in [4.69, 9.17) is 0 Å². The Labute approximate surface area is 151 Å². The number of hydrogen-bond donors (Lipinski definition) is 0. The summed E-state index contributed by atoms with van der Waals surface area (Å²) < 4.78 is 0. The van der Waals surface area contributed by atoms with Gasteiger partial charge in [-0.1, -0.05) is 13.8 Å². The van der Waals surface area contributed by atoms with E-state index < -0.39 is 0 Å². The summed E-state index contributed by atoms with van der Waals surface area (Å²) in [4.78, 5) is 34.2. The summed E-state index contributed by atoms with van der Waals surface area (Å²) in [5.74, 6) is 1.31. The summed E-state index contributed by atoms with van der Waals surface area (Å²) in [6, 6.07) is 1.04. The smallest absolute Gasteiger partial charge is 0.232 e. The van der Waals surface area contributed by atoms with E-state index in [1.165, 1.54) is 12.8 Å². The standard InChI is InChI=1S/C19H32N4O2/c1-3-20-7-5-14-10-22(12-16(14)20)18(24)9-19(25)23-11-15-6-8-21(4-2)17(15)13-23/h14-17H,3-13H2,1-2H3/t14-,15+,16+,17-. The Morgan fingerprint density at radius 3 is 1.60 bits per heavy atom. The molecule has 25 heavy (non-hydrogen) atoms. The second kappa shape index (κ2) is 6.88. The number of carbonyl (C=O) groups excluding carboxylic acids is 2. The molecular formula is C19H32N4O2. The predicted molar refractivity (Wildman–Crippen MR) is 96.1 cm³/mol. The molecule has 2 amide bonds. The van der Waals surface area contributed by atoms with Crippen molar-refractivity contribution in [3.05, 3.63) is 0 Å². The highest BCUT2D eigenvalue weighted by molar-refractivity contribution is 5.97. The van der Waals surface area contributed by atoms with Gasteiger partial charge in [-0.15, -0.1) is 0 Å². The molecular weight excluding hydrogens is 316 g/mol. The Kier molecular flexibility index (Phi) is 4.75. The maximum atomic E-state index is 12.7. The van der Waals surface area contributed by atoms with Crippen LogP contribution in [-0.4, -0.2) is 95.9 Å². The third-order valence-electron chi connectivity index (χ3n) is 7.15. The van der Waals surface area contributed by atoms with Crippen molar-refractivity contribution in [2.75, 3.05) is 52.4 Å². The minimum atomic E-state index is 0.0415. The lowest BCUT2D eigenvalue weighted by Gasteiger charge is -2.25. The molecule has 140 valence electrons. The minimum absolute atomic E-state index is 0.0415. The van der Waals surface area contributed by atoms with Crippen LogP contribution in [0.1, 0.15) is 33.1 Å². The zero-order valence-electron chi connectivity index (χ0n) is 15.7. The number of hydrogen-bond acceptors (Lipinski definition) is 4. The van der Waals surface area contributed by atoms with Gasteiger partial charge in [0.05, 0.1) is 0 Å². The van der Waals surface area contributed by atoms with Gasteiger partial charge in [-0.3, -0.25) is 19.4 Å². The van der Waals surface area contributed by atoms with Gasteiger partial charge < -0.3 is 9.80 Å². The van der Waals surface area contributed by atoms with Crippen molar-refractivity contribution < 1.29 is 9.59 Å². The van der Waals surface area contributed by atoms with Crippen LogP contribution in [0.4, 0.5) is 0 Å². The fourth-order valence-corrected chi connectivity index (χ4v) is 5.64. The topological polar surface area (TPSA) is 47.1 Å². The Morgan fingerprint density at radius 1 is 0.760 bits per heavy atom. The molecule has 0 N–H and O–H groups in total. The van der Waals surface area contributed by atoms with Gasteiger partial charge >= 0.3 is 0 Å². The Balaban J connectivity index is 1.30. The van der Waals surface area contributed by atoms with Crippen LogP contribution < -0.4 is 0 Å². The van der Waals surface area contributed by atoms with Crippen molar-refractivity contribution in [3.63, 3.8) is 0 Å². The van der Waals surface area contributed by atoms with Gasteiger partial charge in [0.2, 0.25) is 11.8 Å². The van der Waals surface area contributed by atoms with Crippen LogP contribution in [0.25, 0.3) is 0 Å². The summed E-state index contributed by atoms with van der Waals surface area (Å²) in [7, 11) is 0. The zero-order valence-corrected chi connectivity index (χ0v) is 15.7. The normalized spacial score (nSPS) is 35.4. The molecule has 4 aliphatic heterocycles. The Bertz CT molecular complexity index is 494. The number of rotatable bonds is 4. The van der Waals surface area contributed by atoms with Crippen LogP contribution in [0.3, 0.4) is 0 Å². The first-order valence-corrected chi connectivity index (χ1v) is 10.1. The van der Waals surface area contributed by atoms with Crippen LogP contribution in [-0.2, 0) is 9.59 Å². The number of likely N-dealkylation sites (N-methyl/N-ethyl adjacent to an activating group) is 2. The van der Waals surface area contributed by atoms with Crippen molar-refractivity contribution in [1.82, 2.24) is 19.6 Å². The van der Waals surface area contributed by atoms with E-state index in [2.05, 4.69) is 23.6 Å². The van der Waals surface area contributed by atoms with Crippen molar-refractivity contribution in [1.29, 1.82) is 0 Å². The van der Waals surface area contributed by atoms with Crippen molar-refractivity contribution in [2.45, 2.75) is 45.2 Å². The Morgan fingerprint density at radius 2 is 1.20 bits per heavy atom. The average molecular weight is 348 g/mol. The van der Waals surface area contributed by atoms with Crippen molar-refractivity contribution in [3.8, 4) is 0 Å². The maximum absolute atomic E-state index is 12.7. The quantitative estimate of drug-likeness (QED) is 0.694. The number of carbonyl (C=O) groups is 2. The first-order chi connectivity index (χ1) is 12.1. The molecule has 0 spiro atoms. The molecule has 0 saturated carbocycles. The summed E-state index contributed by atoms with van der Waals surface area (Å²) in [6.45, 7) is 12.2. The molecule has 6 nitrogen and oxygen atoms in total. The maximum Gasteiger partial charge on any atom is 0.232 e. The molecule has 0 unspecified atom stereocenters. The van der Waals surface area contributed by atoms with Gasteiger partial charge in [-0.05, 0) is 50.9 Å². The fraction of sp³-hybridized carbons (Fsp3) is 0.895. The molecule has 4 heterocycles. The molecule has 0 radical (unpaired) electrons. The van der Waals surface area contributed by atoms with Gasteiger partial charge in [-0.25, -0.2) is 0 Å². The number of nitrogens with zero attached hydrogens (tertiary/aromatic N) is 4. The largest absolute Gasteiger partial charge is 0.340 e. The monoisotopic (exact) mass is 348 g/mol. The van der Waals surface area contributed by atoms with E-state index in [1.807, 2.05) is 9.80 Å². The molecule has 4 fully saturated rings. The van der Waals surface area contributed by atoms with Crippen LogP contribution in [0, 0.1) is 11.8 Å². The SMILES string of the molecule is CCN1CC[C@H]2CN(C(=O)CC(=O)N3C[C@H]4CCN(CC)[C@H]4C3)C[C@H]21. The summed E-state index contributed by atoms with van der Waals surface area (Å²) in [5.41, 5.74) is 0. The number of likely N-dealkylation sites (tertiary alicyclic amines) is 4. The third-order valence-corrected chi connectivity index (χ3v) is 7.15. The lowest BCUT2D eigenvalue weighted by Crippen LogP contribution is -2.40. The summed E-state index contributed by atoms with van der Waals surface area (Å²) in [5, 5.41) is 0. The second-order valence-electron chi connectivity index (χ2n) is 8.26. The van der Waals surface area contributed by atoms with Gasteiger partial charge in [0.25, 0.3) is 0 Å². The summed E-state index contributed by atoms with van der Waals surface area (Å²) >= 11 is 0. The molecule has 0 aromatic rings. The molecule has 4 atom stereocenters. The van der Waals surface area contributed by atoms with E-state index in [-0.39, 0.29) is 18.2 Å². The lowest BCUT2D eigenvalue weighted by molar-refractivity contribution is -0.139. The first-order valence-electron chi connectivity index (χ1n) is 10.1. The van der Waals surface area contributed by atoms with Gasteiger partial charge in [0, 0.05) is 38.3 Å². The molecule has 0 aliphatic carbocycles. The molecule has 4 rings (SSSR count). The molecule has 6 heteroatoms. The Hall–Kier alpha value is -1.14. The van der Waals surface area contributed by atoms with E-state index in [9.17, 15) is 9.59 Å². The van der Waals surface area contributed by atoms with Gasteiger partial charge in [0.1, 0.15) is 6.42 Å². The highest BCUT2D eigenvalue weighted by Gasteiger charge is 2.44. The molecule has 0 bridgehead atoms. The molecule has 4 aliphatic rings. The van der Waals surface area contributed by atoms with Crippen LogP contribution in [0.5, 0.6) is 0 Å². The fourth-order valence-electron chi connectivity index (χ4n) is 5.64. The minimum Gasteiger partial charge on any atom is -0.340 e. The van der Waals surface area contributed by atoms with E-state index in [0.29, 0.717) is 23.9 Å². The highest BCUT2D eigenvalue weighted by Crippen LogP contribution is 2.33. The van der Waals surface area contributed by atoms with Crippen LogP contribution in [0.15, 0.2) is 0 Å². The number of amides is 2. The average Bonchev–Trinajstić information content (AvgIpc) is 3.33. The van der Waals surface area contributed by atoms with Crippen LogP contribution >= 0.6 is 0 Å². The molecule has 0 aromatic heterocycles. The van der Waals surface area contributed by atoms with Gasteiger partial charge in [0.15, 0.2) is 0 Å². The van der Waals surface area contributed by atoms with E-state index in [1.54, 1.807) is 0 Å². The van der Waals surface area contributed by atoms with Crippen molar-refractivity contribution in [2.24, 2.45) is 11.8 Å². The van der Waals surface area contributed by atoms with E-state index in [0.717, 1.165) is 52.4 Å². The van der Waals surface area contributed by atoms with Gasteiger partial charge in [-0.2, -0.15) is 0 Å². The lowest BCUT2D eigenvalue weighted by atomic mass is 10.1. The predicted octanol–water partition coefficient (Wildman–Crippen LogP) is 0.482. The third kappa shape index (κ3) is 3.08. The first kappa shape index (κ1) is 17.3. The molecule has 0 aromatic carbocycles. The number of fused-ring (bicyclic) bond motifs is 2. The second-order valence-corrected chi connectivity index (χ2v) is 8.26. The highest BCUT2D eigenvalue weighted by atomic mass is 16.2. The summed E-state index contributed by atoms with van der Waals surface area (Å²) in [6.07, 6.45) is 2.45. The van der Waals surface area contributed by atoms with Crippen molar-refractivity contribution >= 4 is 11.8 Å².